The number of benzene rings is 1. The van der Waals surface area contributed by atoms with Crippen LogP contribution in [0.4, 0.5) is 17.6 Å². The van der Waals surface area contributed by atoms with Gasteiger partial charge in [-0.25, -0.2) is 4.39 Å². The highest BCUT2D eigenvalue weighted by molar-refractivity contribution is 5.98. The van der Waals surface area contributed by atoms with E-state index in [4.69, 9.17) is 5.73 Å². The molecule has 1 rings (SSSR count). The summed E-state index contributed by atoms with van der Waals surface area (Å²) in [5.41, 5.74) is 3.84. The first-order valence-corrected chi connectivity index (χ1v) is 3.95. The van der Waals surface area contributed by atoms with Crippen molar-refractivity contribution in [1.82, 2.24) is 0 Å². The van der Waals surface area contributed by atoms with Gasteiger partial charge < -0.3 is 5.73 Å². The van der Waals surface area contributed by atoms with Gasteiger partial charge in [-0.2, -0.15) is 13.2 Å². The van der Waals surface area contributed by atoms with Crippen molar-refractivity contribution in [3.63, 3.8) is 0 Å². The van der Waals surface area contributed by atoms with Gasteiger partial charge in [0.2, 0.25) is 0 Å². The van der Waals surface area contributed by atoms with Crippen molar-refractivity contribution >= 4 is 5.84 Å². The molecule has 1 aromatic carbocycles. The molecule has 0 unspecified atom stereocenters. The fourth-order valence-electron chi connectivity index (χ4n) is 1.09. The summed E-state index contributed by atoms with van der Waals surface area (Å²) in [4.78, 5) is 3.43. The van der Waals surface area contributed by atoms with Gasteiger partial charge >= 0.3 is 6.18 Å². The van der Waals surface area contributed by atoms with Gasteiger partial charge in [0.1, 0.15) is 11.7 Å². The third kappa shape index (κ3) is 2.45. The number of aliphatic imine (C=N–C) groups is 1. The normalized spacial score (nSPS) is 13.0. The highest BCUT2D eigenvalue weighted by Gasteiger charge is 2.34. The molecule has 1 aromatic rings. The summed E-state index contributed by atoms with van der Waals surface area (Å²) < 4.78 is 50.0. The predicted octanol–water partition coefficient (Wildman–Crippen LogP) is 2.18. The number of halogens is 4. The second-order valence-electron chi connectivity index (χ2n) is 2.80. The molecule has 0 spiro atoms. The molecule has 0 saturated carbocycles. The summed E-state index contributed by atoms with van der Waals surface area (Å²) >= 11 is 0. The number of amidine groups is 1. The molecule has 0 aliphatic carbocycles. The first-order valence-electron chi connectivity index (χ1n) is 3.95. The molecule has 0 aliphatic heterocycles. The van der Waals surface area contributed by atoms with Crippen LogP contribution in [0.15, 0.2) is 23.2 Å². The Balaban J connectivity index is 3.40. The molecule has 0 atom stereocenters. The SMILES string of the molecule is CN=C(N)c1ccc(F)cc1C(F)(F)F. The summed E-state index contributed by atoms with van der Waals surface area (Å²) in [6.45, 7) is 0. The van der Waals surface area contributed by atoms with E-state index in [0.29, 0.717) is 6.07 Å². The van der Waals surface area contributed by atoms with Crippen molar-refractivity contribution in [1.29, 1.82) is 0 Å². The van der Waals surface area contributed by atoms with E-state index in [0.717, 1.165) is 12.1 Å². The zero-order valence-electron chi connectivity index (χ0n) is 7.77. The first kappa shape index (κ1) is 11.5. The molecule has 82 valence electrons. The van der Waals surface area contributed by atoms with Gasteiger partial charge in [0.05, 0.1) is 5.56 Å². The topological polar surface area (TPSA) is 38.4 Å². The quantitative estimate of drug-likeness (QED) is 0.439. The van der Waals surface area contributed by atoms with Crippen LogP contribution in [0.5, 0.6) is 0 Å². The van der Waals surface area contributed by atoms with E-state index in [-0.39, 0.29) is 11.4 Å². The number of hydrogen-bond donors (Lipinski definition) is 1. The van der Waals surface area contributed by atoms with E-state index in [1.807, 2.05) is 0 Å². The van der Waals surface area contributed by atoms with E-state index >= 15 is 0 Å². The maximum atomic E-state index is 12.7. The highest BCUT2D eigenvalue weighted by atomic mass is 19.4. The lowest BCUT2D eigenvalue weighted by Crippen LogP contribution is -2.20. The predicted molar refractivity (Wildman–Crippen MR) is 48.1 cm³/mol. The average molecular weight is 220 g/mol. The Hall–Kier alpha value is -1.59. The lowest BCUT2D eigenvalue weighted by molar-refractivity contribution is -0.137. The molecular weight excluding hydrogens is 212 g/mol. The first-order chi connectivity index (χ1) is 6.86. The number of hydrogen-bond acceptors (Lipinski definition) is 1. The van der Waals surface area contributed by atoms with E-state index in [1.54, 1.807) is 0 Å². The van der Waals surface area contributed by atoms with E-state index in [2.05, 4.69) is 4.99 Å². The summed E-state index contributed by atoms with van der Waals surface area (Å²) in [6, 6.07) is 2.26. The third-order valence-electron chi connectivity index (χ3n) is 1.80. The molecular formula is C9H8F4N2. The van der Waals surface area contributed by atoms with Crippen molar-refractivity contribution in [2.24, 2.45) is 10.7 Å². The van der Waals surface area contributed by atoms with Crippen molar-refractivity contribution < 1.29 is 17.6 Å². The Morgan fingerprint density at radius 1 is 1.33 bits per heavy atom. The van der Waals surface area contributed by atoms with E-state index < -0.39 is 17.6 Å². The number of nitrogens with two attached hydrogens (primary N) is 1. The van der Waals surface area contributed by atoms with Gasteiger partial charge in [-0.1, -0.05) is 0 Å². The largest absolute Gasteiger partial charge is 0.417 e. The van der Waals surface area contributed by atoms with Crippen LogP contribution in [0, 0.1) is 5.82 Å². The Bertz CT molecular complexity index is 396. The van der Waals surface area contributed by atoms with Gasteiger partial charge in [0.15, 0.2) is 0 Å². The molecule has 0 saturated heterocycles. The van der Waals surface area contributed by atoms with Crippen LogP contribution < -0.4 is 5.73 Å². The molecule has 0 aliphatic rings. The number of rotatable bonds is 1. The molecule has 15 heavy (non-hydrogen) atoms. The molecule has 0 heterocycles. The van der Waals surface area contributed by atoms with Crippen LogP contribution in [-0.2, 0) is 6.18 Å². The Morgan fingerprint density at radius 2 is 1.93 bits per heavy atom. The summed E-state index contributed by atoms with van der Waals surface area (Å²) in [6.07, 6.45) is -4.65. The maximum absolute atomic E-state index is 12.7. The van der Waals surface area contributed by atoms with Crippen molar-refractivity contribution in [3.8, 4) is 0 Å². The van der Waals surface area contributed by atoms with Crippen molar-refractivity contribution in [2.75, 3.05) is 7.05 Å². The minimum Gasteiger partial charge on any atom is -0.384 e. The van der Waals surface area contributed by atoms with Gasteiger partial charge in [-0.05, 0) is 18.2 Å². The van der Waals surface area contributed by atoms with Crippen LogP contribution in [-0.4, -0.2) is 12.9 Å². The fraction of sp³-hybridized carbons (Fsp3) is 0.222. The van der Waals surface area contributed by atoms with Crippen molar-refractivity contribution in [3.05, 3.63) is 35.1 Å². The lowest BCUT2D eigenvalue weighted by Gasteiger charge is -2.11. The minimum absolute atomic E-state index is 0.276. The highest BCUT2D eigenvalue weighted by Crippen LogP contribution is 2.32. The lowest BCUT2D eigenvalue weighted by atomic mass is 10.1. The van der Waals surface area contributed by atoms with Crippen LogP contribution >= 0.6 is 0 Å². The molecule has 0 amide bonds. The molecule has 0 radical (unpaired) electrons. The van der Waals surface area contributed by atoms with Gasteiger partial charge in [0.25, 0.3) is 0 Å². The molecule has 0 aromatic heterocycles. The summed E-state index contributed by atoms with van der Waals surface area (Å²) in [5.74, 6) is -1.24. The third-order valence-corrected chi connectivity index (χ3v) is 1.80. The standard InChI is InChI=1S/C9H8F4N2/c1-15-8(14)6-3-2-5(10)4-7(6)9(11,12)13/h2-4H,1H3,(H2,14,15). The van der Waals surface area contributed by atoms with Gasteiger partial charge in [-0.15, -0.1) is 0 Å². The number of nitrogens with zero attached hydrogens (tertiary/aromatic N) is 1. The number of alkyl halides is 3. The van der Waals surface area contributed by atoms with Crippen LogP contribution in [0.25, 0.3) is 0 Å². The Morgan fingerprint density at radius 3 is 2.40 bits per heavy atom. The molecule has 2 nitrogen and oxygen atoms in total. The molecule has 2 N–H and O–H groups in total. The zero-order chi connectivity index (χ0) is 11.6. The molecule has 0 bridgehead atoms. The van der Waals surface area contributed by atoms with Crippen LogP contribution in [0.3, 0.4) is 0 Å². The molecule has 6 heteroatoms. The van der Waals surface area contributed by atoms with Crippen molar-refractivity contribution in [2.45, 2.75) is 6.18 Å². The van der Waals surface area contributed by atoms with E-state index in [1.165, 1.54) is 7.05 Å². The smallest absolute Gasteiger partial charge is 0.384 e. The summed E-state index contributed by atoms with van der Waals surface area (Å²) in [7, 11) is 1.26. The second-order valence-corrected chi connectivity index (χ2v) is 2.80. The van der Waals surface area contributed by atoms with Gasteiger partial charge in [0, 0.05) is 12.6 Å². The Kier molecular flexibility index (Phi) is 2.97. The molecule has 0 fully saturated rings. The zero-order valence-corrected chi connectivity index (χ0v) is 7.77. The fourth-order valence-corrected chi connectivity index (χ4v) is 1.09. The second kappa shape index (κ2) is 3.88. The van der Waals surface area contributed by atoms with E-state index in [9.17, 15) is 17.6 Å². The van der Waals surface area contributed by atoms with Crippen LogP contribution in [0.1, 0.15) is 11.1 Å². The minimum atomic E-state index is -4.65. The van der Waals surface area contributed by atoms with Crippen LogP contribution in [0.2, 0.25) is 0 Å². The maximum Gasteiger partial charge on any atom is 0.417 e. The Labute approximate surface area is 83.4 Å². The monoisotopic (exact) mass is 220 g/mol. The average Bonchev–Trinajstić information content (AvgIpc) is 2.15. The van der Waals surface area contributed by atoms with Gasteiger partial charge in [-0.3, -0.25) is 4.99 Å². The summed E-state index contributed by atoms with van der Waals surface area (Å²) in [5, 5.41) is 0.